The van der Waals surface area contributed by atoms with Gasteiger partial charge in [-0.15, -0.1) is 0 Å². The maximum Gasteiger partial charge on any atom is 0.0764 e. The molecule has 116 valence electrons. The summed E-state index contributed by atoms with van der Waals surface area (Å²) in [5.41, 5.74) is 2.50. The van der Waals surface area contributed by atoms with Gasteiger partial charge >= 0.3 is 0 Å². The van der Waals surface area contributed by atoms with Crippen LogP contribution in [0.25, 0.3) is 0 Å². The van der Waals surface area contributed by atoms with Gasteiger partial charge in [-0.1, -0.05) is 42.7 Å². The average molecular weight is 289 g/mol. The summed E-state index contributed by atoms with van der Waals surface area (Å²) in [7, 11) is 0. The molecular formula is C18H27NO2. The summed E-state index contributed by atoms with van der Waals surface area (Å²) < 4.78 is 5.49. The highest BCUT2D eigenvalue weighted by Gasteiger charge is 2.45. The highest BCUT2D eigenvalue weighted by molar-refractivity contribution is 5.23. The van der Waals surface area contributed by atoms with Crippen LogP contribution in [-0.2, 0) is 11.2 Å². The average Bonchev–Trinajstić information content (AvgIpc) is 3.01. The van der Waals surface area contributed by atoms with E-state index >= 15 is 0 Å². The predicted molar refractivity (Wildman–Crippen MR) is 84.5 cm³/mol. The minimum absolute atomic E-state index is 0.0192. The minimum atomic E-state index is -0.277. The summed E-state index contributed by atoms with van der Waals surface area (Å²) in [5, 5.41) is 11.0. The fourth-order valence-corrected chi connectivity index (χ4v) is 3.99. The number of morpholine rings is 1. The highest BCUT2D eigenvalue weighted by Crippen LogP contribution is 2.39. The Bertz CT molecular complexity index is 445. The third-order valence-electron chi connectivity index (χ3n) is 5.28. The first-order chi connectivity index (χ1) is 10.2. The Labute approximate surface area is 127 Å². The molecule has 0 spiro atoms. The summed E-state index contributed by atoms with van der Waals surface area (Å²) in [4.78, 5) is 2.50. The monoisotopic (exact) mass is 289 g/mol. The molecule has 3 nitrogen and oxygen atoms in total. The highest BCUT2D eigenvalue weighted by atomic mass is 16.5. The second kappa shape index (κ2) is 6.47. The van der Waals surface area contributed by atoms with Crippen molar-refractivity contribution in [2.75, 3.05) is 26.3 Å². The van der Waals surface area contributed by atoms with E-state index in [1.54, 1.807) is 0 Å². The molecule has 3 heteroatoms. The van der Waals surface area contributed by atoms with E-state index < -0.39 is 0 Å². The molecule has 2 aliphatic rings. The summed E-state index contributed by atoms with van der Waals surface area (Å²) in [5.74, 6) is 0. The molecule has 1 unspecified atom stereocenters. The Balaban J connectivity index is 1.74. The summed E-state index contributed by atoms with van der Waals surface area (Å²) in [6.07, 6.45) is 5.21. The van der Waals surface area contributed by atoms with Crippen LogP contribution in [0.5, 0.6) is 0 Å². The van der Waals surface area contributed by atoms with Crippen molar-refractivity contribution in [3.8, 4) is 0 Å². The van der Waals surface area contributed by atoms with Gasteiger partial charge < -0.3 is 9.84 Å². The first-order valence-corrected chi connectivity index (χ1v) is 8.27. The van der Waals surface area contributed by atoms with Gasteiger partial charge in [0.25, 0.3) is 0 Å². The molecule has 1 aromatic carbocycles. The van der Waals surface area contributed by atoms with Crippen LogP contribution in [-0.4, -0.2) is 48.0 Å². The largest absolute Gasteiger partial charge is 0.391 e. The van der Waals surface area contributed by atoms with Crippen molar-refractivity contribution < 1.29 is 9.84 Å². The van der Waals surface area contributed by atoms with Crippen molar-refractivity contribution >= 4 is 0 Å². The number of aliphatic hydroxyl groups excluding tert-OH is 1. The Kier molecular flexibility index (Phi) is 4.63. The molecular weight excluding hydrogens is 262 g/mol. The van der Waals surface area contributed by atoms with E-state index in [2.05, 4.69) is 36.1 Å². The third-order valence-corrected chi connectivity index (χ3v) is 5.28. The lowest BCUT2D eigenvalue weighted by Gasteiger charge is -2.46. The maximum absolute atomic E-state index is 11.0. The number of aryl methyl sites for hydroxylation is 1. The standard InChI is InChI=1S/C18H27NO2/c1-15-4-6-16(7-5-15)14-17(20)18(8-2-3-9-18)19-10-12-21-13-11-19/h4-7,17,20H,2-3,8-14H2,1H3. The van der Waals surface area contributed by atoms with Crippen LogP contribution in [0.2, 0.25) is 0 Å². The molecule has 21 heavy (non-hydrogen) atoms. The van der Waals surface area contributed by atoms with Crippen molar-refractivity contribution in [3.05, 3.63) is 35.4 Å². The van der Waals surface area contributed by atoms with Gasteiger partial charge in [0.1, 0.15) is 0 Å². The van der Waals surface area contributed by atoms with E-state index in [0.717, 1.165) is 45.6 Å². The van der Waals surface area contributed by atoms with E-state index in [-0.39, 0.29) is 11.6 Å². The fraction of sp³-hybridized carbons (Fsp3) is 0.667. The lowest BCUT2D eigenvalue weighted by molar-refractivity contribution is -0.0753. The molecule has 1 aromatic rings. The number of nitrogens with zero attached hydrogens (tertiary/aromatic N) is 1. The normalized spacial score (nSPS) is 24.1. The Morgan fingerprint density at radius 1 is 1.14 bits per heavy atom. The van der Waals surface area contributed by atoms with Crippen molar-refractivity contribution in [1.29, 1.82) is 0 Å². The number of hydrogen-bond donors (Lipinski definition) is 1. The third kappa shape index (κ3) is 3.15. The fourth-order valence-electron chi connectivity index (χ4n) is 3.99. The smallest absolute Gasteiger partial charge is 0.0764 e. The van der Waals surface area contributed by atoms with Crippen LogP contribution in [0.1, 0.15) is 36.8 Å². The molecule has 1 aliphatic carbocycles. The Morgan fingerprint density at radius 2 is 1.76 bits per heavy atom. The molecule has 0 amide bonds. The molecule has 1 saturated heterocycles. The zero-order chi connectivity index (χ0) is 14.7. The Morgan fingerprint density at radius 3 is 2.38 bits per heavy atom. The Hall–Kier alpha value is -0.900. The minimum Gasteiger partial charge on any atom is -0.391 e. The van der Waals surface area contributed by atoms with Gasteiger partial charge in [-0.05, 0) is 25.3 Å². The first-order valence-electron chi connectivity index (χ1n) is 8.27. The van der Waals surface area contributed by atoms with Crippen LogP contribution in [0.3, 0.4) is 0 Å². The van der Waals surface area contributed by atoms with Crippen molar-refractivity contribution in [3.63, 3.8) is 0 Å². The van der Waals surface area contributed by atoms with Crippen molar-refractivity contribution in [1.82, 2.24) is 4.90 Å². The summed E-state index contributed by atoms with van der Waals surface area (Å²) >= 11 is 0. The van der Waals surface area contributed by atoms with E-state index in [9.17, 15) is 5.11 Å². The number of aliphatic hydroxyl groups is 1. The number of benzene rings is 1. The SMILES string of the molecule is Cc1ccc(CC(O)C2(N3CCOCC3)CCCC2)cc1. The molecule has 1 N–H and O–H groups in total. The van der Waals surface area contributed by atoms with Crippen molar-refractivity contribution in [2.45, 2.75) is 50.7 Å². The first kappa shape index (κ1) is 15.0. The predicted octanol–water partition coefficient (Wildman–Crippen LogP) is 2.54. The molecule has 1 atom stereocenters. The topological polar surface area (TPSA) is 32.7 Å². The molecule has 1 heterocycles. The number of ether oxygens (including phenoxy) is 1. The molecule has 0 aromatic heterocycles. The maximum atomic E-state index is 11.0. The van der Waals surface area contributed by atoms with Gasteiger partial charge in [0.2, 0.25) is 0 Å². The van der Waals surface area contributed by atoms with E-state index in [1.165, 1.54) is 24.0 Å². The zero-order valence-corrected chi connectivity index (χ0v) is 13.1. The second-order valence-corrected chi connectivity index (χ2v) is 6.62. The zero-order valence-electron chi connectivity index (χ0n) is 13.1. The molecule has 0 bridgehead atoms. The molecule has 3 rings (SSSR count). The van der Waals surface area contributed by atoms with E-state index in [0.29, 0.717) is 0 Å². The molecule has 1 aliphatic heterocycles. The van der Waals surface area contributed by atoms with Gasteiger partial charge in [-0.2, -0.15) is 0 Å². The van der Waals surface area contributed by atoms with Crippen LogP contribution in [0, 0.1) is 6.92 Å². The molecule has 1 saturated carbocycles. The molecule has 0 radical (unpaired) electrons. The van der Waals surface area contributed by atoms with Crippen LogP contribution >= 0.6 is 0 Å². The van der Waals surface area contributed by atoms with Gasteiger partial charge in [0.05, 0.1) is 19.3 Å². The molecule has 2 fully saturated rings. The van der Waals surface area contributed by atoms with E-state index in [1.807, 2.05) is 0 Å². The summed E-state index contributed by atoms with van der Waals surface area (Å²) in [6.45, 7) is 5.64. The second-order valence-electron chi connectivity index (χ2n) is 6.62. The summed E-state index contributed by atoms with van der Waals surface area (Å²) in [6, 6.07) is 8.58. The van der Waals surface area contributed by atoms with E-state index in [4.69, 9.17) is 4.74 Å². The van der Waals surface area contributed by atoms with Crippen molar-refractivity contribution in [2.24, 2.45) is 0 Å². The van der Waals surface area contributed by atoms with Gasteiger partial charge in [-0.25, -0.2) is 0 Å². The van der Waals surface area contributed by atoms with Crippen LogP contribution in [0.4, 0.5) is 0 Å². The van der Waals surface area contributed by atoms with Gasteiger partial charge in [0, 0.05) is 25.0 Å². The van der Waals surface area contributed by atoms with Gasteiger partial charge in [0.15, 0.2) is 0 Å². The lowest BCUT2D eigenvalue weighted by atomic mass is 9.84. The van der Waals surface area contributed by atoms with Gasteiger partial charge in [-0.3, -0.25) is 4.90 Å². The number of hydrogen-bond acceptors (Lipinski definition) is 3. The number of rotatable bonds is 4. The quantitative estimate of drug-likeness (QED) is 0.924. The van der Waals surface area contributed by atoms with Crippen LogP contribution < -0.4 is 0 Å². The van der Waals surface area contributed by atoms with Crippen LogP contribution in [0.15, 0.2) is 24.3 Å². The lowest BCUT2D eigenvalue weighted by Crippen LogP contribution is -2.59.